The monoisotopic (exact) mass is 300 g/mol. The highest BCUT2D eigenvalue weighted by Crippen LogP contribution is 2.17. The Morgan fingerprint density at radius 1 is 0.682 bits per heavy atom. The fourth-order valence-corrected chi connectivity index (χ4v) is 1.87. The normalized spacial score (nSPS) is 9.27. The molecule has 0 radical (unpaired) electrons. The van der Waals surface area contributed by atoms with Crippen LogP contribution in [0.4, 0.5) is 0 Å². The zero-order valence-electron chi connectivity index (χ0n) is 13.3. The lowest BCUT2D eigenvalue weighted by Gasteiger charge is -2.03. The predicted molar refractivity (Wildman–Crippen MR) is 86.0 cm³/mol. The Hall–Kier alpha value is -2.62. The number of hydrogen-bond donors (Lipinski definition) is 0. The van der Waals surface area contributed by atoms with Crippen LogP contribution in [0, 0.1) is 0 Å². The number of para-hydroxylation sites is 2. The second kappa shape index (κ2) is 8.62. The van der Waals surface area contributed by atoms with Gasteiger partial charge in [-0.05, 0) is 38.1 Å². The van der Waals surface area contributed by atoms with Crippen molar-refractivity contribution >= 4 is 11.6 Å². The minimum absolute atomic E-state index is 0.0300. The Kier molecular flexibility index (Phi) is 6.83. The summed E-state index contributed by atoms with van der Waals surface area (Å²) < 4.78 is 9.97. The summed E-state index contributed by atoms with van der Waals surface area (Å²) in [6.45, 7) is 3.05. The van der Waals surface area contributed by atoms with E-state index in [-0.39, 0.29) is 11.6 Å². The minimum atomic E-state index is 0.0300. The maximum atomic E-state index is 10.9. The molecular weight excluding hydrogens is 280 g/mol. The van der Waals surface area contributed by atoms with Crippen LogP contribution in [0.2, 0.25) is 0 Å². The average Bonchev–Trinajstić information content (AvgIpc) is 2.55. The van der Waals surface area contributed by atoms with Crippen LogP contribution in [0.25, 0.3) is 0 Å². The molecule has 0 aromatic heterocycles. The summed E-state index contributed by atoms with van der Waals surface area (Å²) in [4.78, 5) is 21.9. The lowest BCUT2D eigenvalue weighted by Crippen LogP contribution is -1.96. The summed E-state index contributed by atoms with van der Waals surface area (Å²) in [5.74, 6) is 1.34. The molecule has 22 heavy (non-hydrogen) atoms. The molecule has 2 rings (SSSR count). The van der Waals surface area contributed by atoms with Gasteiger partial charge in [-0.3, -0.25) is 9.59 Å². The molecule has 0 bridgehead atoms. The van der Waals surface area contributed by atoms with Crippen LogP contribution in [-0.4, -0.2) is 25.8 Å². The topological polar surface area (TPSA) is 52.6 Å². The van der Waals surface area contributed by atoms with Gasteiger partial charge in [0.05, 0.1) is 25.3 Å². The summed E-state index contributed by atoms with van der Waals surface area (Å²) >= 11 is 0. The second-order valence-corrected chi connectivity index (χ2v) is 4.51. The Bertz CT molecular complexity index is 590. The maximum Gasteiger partial charge on any atom is 0.163 e. The first-order valence-electron chi connectivity index (χ1n) is 6.79. The molecule has 2 aromatic rings. The zero-order valence-corrected chi connectivity index (χ0v) is 13.3. The van der Waals surface area contributed by atoms with Gasteiger partial charge in [0.1, 0.15) is 11.5 Å². The fourth-order valence-electron chi connectivity index (χ4n) is 1.87. The lowest BCUT2D eigenvalue weighted by molar-refractivity contribution is 0.100. The molecule has 116 valence electrons. The highest BCUT2D eigenvalue weighted by atomic mass is 16.5. The van der Waals surface area contributed by atoms with Crippen LogP contribution in [-0.2, 0) is 0 Å². The van der Waals surface area contributed by atoms with Gasteiger partial charge in [0.25, 0.3) is 0 Å². The summed E-state index contributed by atoms with van der Waals surface area (Å²) in [5.41, 5.74) is 1.27. The Labute approximate surface area is 130 Å². The van der Waals surface area contributed by atoms with E-state index in [1.807, 2.05) is 24.3 Å². The van der Waals surface area contributed by atoms with E-state index in [4.69, 9.17) is 9.47 Å². The molecule has 2 aromatic carbocycles. The number of ether oxygens (including phenoxy) is 2. The van der Waals surface area contributed by atoms with Gasteiger partial charge in [0, 0.05) is 0 Å². The minimum Gasteiger partial charge on any atom is -0.496 e. The number of rotatable bonds is 4. The van der Waals surface area contributed by atoms with Crippen LogP contribution in [0.1, 0.15) is 34.6 Å². The lowest BCUT2D eigenvalue weighted by atomic mass is 10.1. The smallest absolute Gasteiger partial charge is 0.163 e. The molecule has 0 saturated carbocycles. The molecule has 4 nitrogen and oxygen atoms in total. The van der Waals surface area contributed by atoms with E-state index in [0.717, 1.165) is 0 Å². The number of ketones is 2. The number of carbonyl (C=O) groups excluding carboxylic acids is 2. The molecule has 0 spiro atoms. The SMILES string of the molecule is COc1ccccc1C(C)=O.COc1ccccc1C(C)=O. The Morgan fingerprint density at radius 3 is 1.23 bits per heavy atom. The van der Waals surface area contributed by atoms with Crippen molar-refractivity contribution in [2.75, 3.05) is 14.2 Å². The first-order chi connectivity index (χ1) is 10.5. The number of Topliss-reactive ketones (excluding diaryl/α,β-unsaturated/α-hetero) is 2. The third kappa shape index (κ3) is 4.74. The van der Waals surface area contributed by atoms with Gasteiger partial charge >= 0.3 is 0 Å². The van der Waals surface area contributed by atoms with Crippen molar-refractivity contribution < 1.29 is 19.1 Å². The van der Waals surface area contributed by atoms with E-state index in [1.54, 1.807) is 38.5 Å². The van der Waals surface area contributed by atoms with Crippen molar-refractivity contribution in [1.82, 2.24) is 0 Å². The van der Waals surface area contributed by atoms with E-state index in [2.05, 4.69) is 0 Å². The van der Waals surface area contributed by atoms with Crippen molar-refractivity contribution in [3.8, 4) is 11.5 Å². The van der Waals surface area contributed by atoms with Gasteiger partial charge in [-0.25, -0.2) is 0 Å². The zero-order chi connectivity index (χ0) is 16.5. The Balaban J connectivity index is 0.000000220. The van der Waals surface area contributed by atoms with Crippen molar-refractivity contribution in [2.45, 2.75) is 13.8 Å². The summed E-state index contributed by atoms with van der Waals surface area (Å²) in [6.07, 6.45) is 0. The van der Waals surface area contributed by atoms with Crippen LogP contribution in [0.5, 0.6) is 11.5 Å². The van der Waals surface area contributed by atoms with Crippen LogP contribution < -0.4 is 9.47 Å². The molecular formula is C18H20O4. The molecule has 0 heterocycles. The van der Waals surface area contributed by atoms with Gasteiger partial charge < -0.3 is 9.47 Å². The van der Waals surface area contributed by atoms with Crippen molar-refractivity contribution in [2.24, 2.45) is 0 Å². The highest BCUT2D eigenvalue weighted by Gasteiger charge is 2.05. The molecule has 0 unspecified atom stereocenters. The molecule has 0 aliphatic heterocycles. The van der Waals surface area contributed by atoms with Gasteiger partial charge in [0.15, 0.2) is 11.6 Å². The van der Waals surface area contributed by atoms with E-state index in [0.29, 0.717) is 22.6 Å². The second-order valence-electron chi connectivity index (χ2n) is 4.51. The number of carbonyl (C=O) groups is 2. The first kappa shape index (κ1) is 17.4. The molecule has 0 aliphatic rings. The molecule has 0 saturated heterocycles. The van der Waals surface area contributed by atoms with Crippen LogP contribution >= 0.6 is 0 Å². The van der Waals surface area contributed by atoms with Crippen molar-refractivity contribution in [3.63, 3.8) is 0 Å². The highest BCUT2D eigenvalue weighted by molar-refractivity contribution is 5.97. The summed E-state index contributed by atoms with van der Waals surface area (Å²) in [6, 6.07) is 14.4. The van der Waals surface area contributed by atoms with Gasteiger partial charge in [-0.1, -0.05) is 24.3 Å². The van der Waals surface area contributed by atoms with Gasteiger partial charge in [0.2, 0.25) is 0 Å². The number of hydrogen-bond acceptors (Lipinski definition) is 4. The average molecular weight is 300 g/mol. The van der Waals surface area contributed by atoms with E-state index in [9.17, 15) is 9.59 Å². The summed E-state index contributed by atoms with van der Waals surface area (Å²) in [7, 11) is 3.11. The predicted octanol–water partition coefficient (Wildman–Crippen LogP) is 3.80. The van der Waals surface area contributed by atoms with E-state index >= 15 is 0 Å². The number of benzene rings is 2. The quantitative estimate of drug-likeness (QED) is 0.806. The maximum absolute atomic E-state index is 10.9. The van der Waals surface area contributed by atoms with Crippen LogP contribution in [0.15, 0.2) is 48.5 Å². The molecule has 0 aliphatic carbocycles. The summed E-state index contributed by atoms with van der Waals surface area (Å²) in [5, 5.41) is 0. The molecule has 0 amide bonds. The third-order valence-corrected chi connectivity index (χ3v) is 2.97. The van der Waals surface area contributed by atoms with Crippen LogP contribution in [0.3, 0.4) is 0 Å². The Morgan fingerprint density at radius 2 is 1.00 bits per heavy atom. The standard InChI is InChI=1S/2C9H10O2/c2*1-7(10)8-5-3-4-6-9(8)11-2/h2*3-6H,1-2H3. The van der Waals surface area contributed by atoms with E-state index < -0.39 is 0 Å². The fraction of sp³-hybridized carbons (Fsp3) is 0.222. The first-order valence-corrected chi connectivity index (χ1v) is 6.79. The van der Waals surface area contributed by atoms with Crippen molar-refractivity contribution in [3.05, 3.63) is 59.7 Å². The molecule has 0 fully saturated rings. The molecule has 0 atom stereocenters. The third-order valence-electron chi connectivity index (χ3n) is 2.97. The number of methoxy groups -OCH3 is 2. The van der Waals surface area contributed by atoms with Gasteiger partial charge in [-0.15, -0.1) is 0 Å². The largest absolute Gasteiger partial charge is 0.496 e. The molecule has 4 heteroatoms. The van der Waals surface area contributed by atoms with Crippen molar-refractivity contribution in [1.29, 1.82) is 0 Å². The molecule has 0 N–H and O–H groups in total. The van der Waals surface area contributed by atoms with E-state index in [1.165, 1.54) is 13.8 Å². The van der Waals surface area contributed by atoms with Gasteiger partial charge in [-0.2, -0.15) is 0 Å².